The average molecular weight is 395 g/mol. The Labute approximate surface area is 166 Å². The van der Waals surface area contributed by atoms with Crippen LogP contribution in [0.3, 0.4) is 0 Å². The summed E-state index contributed by atoms with van der Waals surface area (Å²) in [5, 5.41) is 3.48. The fraction of sp³-hybridized carbons (Fsp3) is 0.182. The van der Waals surface area contributed by atoms with Gasteiger partial charge in [0.05, 0.1) is 19.1 Å². The molecule has 144 valence electrons. The normalized spacial score (nSPS) is 18.6. The van der Waals surface area contributed by atoms with Gasteiger partial charge in [-0.1, -0.05) is 24.3 Å². The molecule has 1 heterocycles. The van der Waals surface area contributed by atoms with Gasteiger partial charge < -0.3 is 19.5 Å². The molecule has 0 radical (unpaired) electrons. The van der Waals surface area contributed by atoms with E-state index in [-0.39, 0.29) is 6.04 Å². The number of ether oxygens (including phenoxy) is 3. The summed E-state index contributed by atoms with van der Waals surface area (Å²) in [6, 6.07) is 22.5. The van der Waals surface area contributed by atoms with Crippen molar-refractivity contribution in [1.82, 2.24) is 0 Å². The summed E-state index contributed by atoms with van der Waals surface area (Å²) in [5.41, 5.74) is 1.30. The van der Waals surface area contributed by atoms with Gasteiger partial charge in [0.2, 0.25) is 5.44 Å². The van der Waals surface area contributed by atoms with Crippen LogP contribution in [0.5, 0.6) is 17.2 Å². The zero-order chi connectivity index (χ0) is 19.5. The van der Waals surface area contributed by atoms with E-state index in [1.807, 2.05) is 72.8 Å². The number of nitrogens with one attached hydrogen (secondary N) is 1. The van der Waals surface area contributed by atoms with Crippen molar-refractivity contribution in [3.8, 4) is 17.2 Å². The lowest BCUT2D eigenvalue weighted by Gasteiger charge is -2.25. The van der Waals surface area contributed by atoms with Crippen molar-refractivity contribution in [2.45, 2.75) is 16.4 Å². The number of para-hydroxylation sites is 1. The molecule has 3 atom stereocenters. The number of methoxy groups -OCH3 is 2. The SMILES string of the molecule is COc1ccc(N[C@H](c2ccc(OC)cc2)[C@@H]2Oc3ccccc3S2=O)cc1. The molecule has 1 N–H and O–H groups in total. The fourth-order valence-corrected chi connectivity index (χ4v) is 4.63. The number of benzene rings is 3. The van der Waals surface area contributed by atoms with Crippen molar-refractivity contribution in [3.63, 3.8) is 0 Å². The lowest BCUT2D eigenvalue weighted by molar-refractivity contribution is 0.267. The molecule has 0 saturated heterocycles. The lowest BCUT2D eigenvalue weighted by atomic mass is 10.1. The first kappa shape index (κ1) is 18.4. The van der Waals surface area contributed by atoms with E-state index in [1.54, 1.807) is 14.2 Å². The van der Waals surface area contributed by atoms with Crippen molar-refractivity contribution < 1.29 is 18.4 Å². The second-order valence-electron chi connectivity index (χ2n) is 6.35. The molecule has 0 amide bonds. The van der Waals surface area contributed by atoms with Crippen molar-refractivity contribution in [2.75, 3.05) is 19.5 Å². The van der Waals surface area contributed by atoms with E-state index in [9.17, 15) is 4.21 Å². The molecule has 0 saturated carbocycles. The van der Waals surface area contributed by atoms with Crippen molar-refractivity contribution in [1.29, 1.82) is 0 Å². The standard InChI is InChI=1S/C22H21NO4S/c1-25-17-11-7-15(8-12-17)21(23-16-9-13-18(26-2)14-10-16)22-27-19-5-3-4-6-20(19)28(22)24/h3-14,21-23H,1-2H3/t21-,22-,28?/m1/s1. The number of rotatable bonds is 6. The quantitative estimate of drug-likeness (QED) is 0.671. The van der Waals surface area contributed by atoms with Gasteiger partial charge in [0, 0.05) is 5.69 Å². The van der Waals surface area contributed by atoms with Crippen LogP contribution in [0.2, 0.25) is 0 Å². The first-order valence-electron chi connectivity index (χ1n) is 8.90. The van der Waals surface area contributed by atoms with Crippen LogP contribution in [0.1, 0.15) is 11.6 Å². The molecule has 3 aromatic rings. The van der Waals surface area contributed by atoms with E-state index in [4.69, 9.17) is 14.2 Å². The van der Waals surface area contributed by atoms with Crippen LogP contribution < -0.4 is 19.5 Å². The highest BCUT2D eigenvalue weighted by atomic mass is 32.2. The summed E-state index contributed by atoms with van der Waals surface area (Å²) in [5.74, 6) is 2.21. The molecule has 0 spiro atoms. The van der Waals surface area contributed by atoms with Gasteiger partial charge in [-0.05, 0) is 54.1 Å². The molecule has 4 rings (SSSR count). The molecule has 0 aliphatic carbocycles. The topological polar surface area (TPSA) is 56.8 Å². The molecule has 0 aromatic heterocycles. The third-order valence-corrected chi connectivity index (χ3v) is 6.24. The Bertz CT molecular complexity index is 973. The van der Waals surface area contributed by atoms with E-state index in [0.717, 1.165) is 27.6 Å². The minimum Gasteiger partial charge on any atom is -0.497 e. The first-order chi connectivity index (χ1) is 13.7. The maximum atomic E-state index is 13.1. The second kappa shape index (κ2) is 7.94. The Balaban J connectivity index is 1.67. The van der Waals surface area contributed by atoms with Crippen LogP contribution in [0.25, 0.3) is 0 Å². The van der Waals surface area contributed by atoms with Gasteiger partial charge in [0.25, 0.3) is 0 Å². The molecule has 3 aromatic carbocycles. The van der Waals surface area contributed by atoms with E-state index in [1.165, 1.54) is 0 Å². The molecule has 28 heavy (non-hydrogen) atoms. The Morgan fingerprint density at radius 3 is 2.11 bits per heavy atom. The van der Waals surface area contributed by atoms with Crippen LogP contribution in [-0.4, -0.2) is 23.9 Å². The highest BCUT2D eigenvalue weighted by Crippen LogP contribution is 2.39. The van der Waals surface area contributed by atoms with Crippen LogP contribution in [0, 0.1) is 0 Å². The van der Waals surface area contributed by atoms with Crippen molar-refractivity contribution in [2.24, 2.45) is 0 Å². The van der Waals surface area contributed by atoms with E-state index in [0.29, 0.717) is 5.75 Å². The minimum absolute atomic E-state index is 0.312. The maximum Gasteiger partial charge on any atom is 0.201 e. The van der Waals surface area contributed by atoms with E-state index in [2.05, 4.69) is 5.32 Å². The summed E-state index contributed by atoms with van der Waals surface area (Å²) in [4.78, 5) is 0.725. The second-order valence-corrected chi connectivity index (χ2v) is 7.85. The largest absolute Gasteiger partial charge is 0.497 e. The Morgan fingerprint density at radius 2 is 1.50 bits per heavy atom. The van der Waals surface area contributed by atoms with E-state index < -0.39 is 16.2 Å². The Kier molecular flexibility index (Phi) is 5.21. The maximum absolute atomic E-state index is 13.1. The van der Waals surface area contributed by atoms with Gasteiger partial charge in [0.15, 0.2) is 0 Å². The molecule has 0 fully saturated rings. The number of anilines is 1. The first-order valence-corrected chi connectivity index (χ1v) is 10.1. The minimum atomic E-state index is -1.29. The predicted octanol–water partition coefficient (Wildman–Crippen LogP) is 4.38. The number of fused-ring (bicyclic) bond motifs is 1. The van der Waals surface area contributed by atoms with Crippen LogP contribution in [0.15, 0.2) is 77.7 Å². The summed E-state index contributed by atoms with van der Waals surface area (Å²) in [7, 11) is 1.97. The number of hydrogen-bond donors (Lipinski definition) is 1. The summed E-state index contributed by atoms with van der Waals surface area (Å²) in [6.45, 7) is 0. The summed E-state index contributed by atoms with van der Waals surface area (Å²) < 4.78 is 29.7. The average Bonchev–Trinajstić information content (AvgIpc) is 3.09. The molecule has 1 aliphatic rings. The van der Waals surface area contributed by atoms with Gasteiger partial charge in [0.1, 0.15) is 34.1 Å². The van der Waals surface area contributed by atoms with Gasteiger partial charge in [-0.15, -0.1) is 0 Å². The Morgan fingerprint density at radius 1 is 0.893 bits per heavy atom. The van der Waals surface area contributed by atoms with Gasteiger partial charge in [-0.25, -0.2) is 0 Å². The third kappa shape index (κ3) is 3.55. The Hall–Kier alpha value is -2.99. The summed E-state index contributed by atoms with van der Waals surface area (Å²) in [6.07, 6.45) is 0. The molecule has 1 aliphatic heterocycles. The van der Waals surface area contributed by atoms with Gasteiger partial charge in [-0.3, -0.25) is 4.21 Å². The van der Waals surface area contributed by atoms with Crippen LogP contribution in [-0.2, 0) is 10.8 Å². The number of hydrogen-bond acceptors (Lipinski definition) is 5. The molecule has 6 heteroatoms. The monoisotopic (exact) mass is 395 g/mol. The molecular formula is C22H21NO4S. The molecule has 0 bridgehead atoms. The fourth-order valence-electron chi connectivity index (χ4n) is 3.19. The summed E-state index contributed by atoms with van der Waals surface area (Å²) >= 11 is 0. The van der Waals surface area contributed by atoms with Crippen molar-refractivity contribution >= 4 is 16.5 Å². The molecular weight excluding hydrogens is 374 g/mol. The van der Waals surface area contributed by atoms with Crippen LogP contribution >= 0.6 is 0 Å². The third-order valence-electron chi connectivity index (χ3n) is 4.68. The smallest absolute Gasteiger partial charge is 0.201 e. The highest BCUT2D eigenvalue weighted by molar-refractivity contribution is 7.86. The van der Waals surface area contributed by atoms with E-state index >= 15 is 0 Å². The zero-order valence-electron chi connectivity index (χ0n) is 15.6. The molecule has 5 nitrogen and oxygen atoms in total. The van der Waals surface area contributed by atoms with Gasteiger partial charge >= 0.3 is 0 Å². The van der Waals surface area contributed by atoms with Gasteiger partial charge in [-0.2, -0.15) is 0 Å². The molecule has 1 unspecified atom stereocenters. The lowest BCUT2D eigenvalue weighted by Crippen LogP contribution is -2.31. The van der Waals surface area contributed by atoms with Crippen LogP contribution in [0.4, 0.5) is 5.69 Å². The predicted molar refractivity (Wildman–Crippen MR) is 110 cm³/mol. The highest BCUT2D eigenvalue weighted by Gasteiger charge is 2.38. The zero-order valence-corrected chi connectivity index (χ0v) is 16.4. The van der Waals surface area contributed by atoms with Crippen molar-refractivity contribution in [3.05, 3.63) is 78.4 Å².